The molecule has 1 amide bonds. The van der Waals surface area contributed by atoms with Gasteiger partial charge in [0.2, 0.25) is 15.9 Å². The third-order valence-corrected chi connectivity index (χ3v) is 7.89. The first kappa shape index (κ1) is 31.4. The van der Waals surface area contributed by atoms with Crippen molar-refractivity contribution in [1.29, 1.82) is 0 Å². The number of carbonyl (C=O) groups is 1. The Morgan fingerprint density at radius 2 is 1.77 bits per heavy atom. The highest BCUT2D eigenvalue weighted by atomic mass is 35.5. The topological polar surface area (TPSA) is 102 Å². The molecule has 0 aliphatic heterocycles. The Balaban J connectivity index is 1.80. The smallest absolute Gasteiger partial charge is 0.240 e. The molecule has 0 spiro atoms. The van der Waals surface area contributed by atoms with Crippen LogP contribution in [-0.4, -0.2) is 45.0 Å². The molecule has 1 atom stereocenters. The van der Waals surface area contributed by atoms with E-state index in [0.717, 1.165) is 28.7 Å². The number of sulfonamides is 1. The standard InChI is InChI=1S/C31H38ClN3O4S/c1-4-18-39-30-15-12-27(32)20-26(30)22-35(31(36)29(33)19-25-8-6-5-7-9-25)17-16-24-10-13-28(14-11-24)40(37,38)34-21-23(2)3/h5-15,20,29,34H,2,4,16-19,21-22,33H2,1,3H3/t29-/m1/s1. The van der Waals surface area contributed by atoms with E-state index >= 15 is 0 Å². The Bertz CT molecular complexity index is 1380. The van der Waals surface area contributed by atoms with Crippen LogP contribution in [0.4, 0.5) is 0 Å². The second-order valence-corrected chi connectivity index (χ2v) is 12.0. The van der Waals surface area contributed by atoms with Crippen LogP contribution in [0, 0.1) is 0 Å². The number of rotatable bonds is 15. The highest BCUT2D eigenvalue weighted by Crippen LogP contribution is 2.25. The van der Waals surface area contributed by atoms with Crippen molar-refractivity contribution < 1.29 is 17.9 Å². The number of carbonyl (C=O) groups excluding carboxylic acids is 1. The first-order valence-electron chi connectivity index (χ1n) is 13.3. The quantitative estimate of drug-likeness (QED) is 0.242. The van der Waals surface area contributed by atoms with Gasteiger partial charge in [0, 0.05) is 30.2 Å². The van der Waals surface area contributed by atoms with E-state index in [1.54, 1.807) is 42.2 Å². The molecule has 0 radical (unpaired) electrons. The van der Waals surface area contributed by atoms with Crippen molar-refractivity contribution in [3.05, 3.63) is 107 Å². The lowest BCUT2D eigenvalue weighted by molar-refractivity contribution is -0.133. The average molecular weight is 584 g/mol. The summed E-state index contributed by atoms with van der Waals surface area (Å²) in [5, 5.41) is 0.553. The SMILES string of the molecule is C=C(C)CNS(=O)(=O)c1ccc(CCN(Cc2cc(Cl)ccc2OCCC)C(=O)[C@H](N)Cc2ccccc2)cc1. The average Bonchev–Trinajstić information content (AvgIpc) is 2.94. The summed E-state index contributed by atoms with van der Waals surface area (Å²) in [6.45, 7) is 8.89. The summed E-state index contributed by atoms with van der Waals surface area (Å²) in [7, 11) is -3.63. The van der Waals surface area contributed by atoms with Crippen molar-refractivity contribution >= 4 is 27.5 Å². The maximum Gasteiger partial charge on any atom is 0.240 e. The lowest BCUT2D eigenvalue weighted by Gasteiger charge is -2.27. The maximum atomic E-state index is 13.6. The van der Waals surface area contributed by atoms with Crippen molar-refractivity contribution in [1.82, 2.24) is 9.62 Å². The molecule has 3 N–H and O–H groups in total. The third kappa shape index (κ3) is 9.48. The Hall–Kier alpha value is -3.17. The van der Waals surface area contributed by atoms with Gasteiger partial charge in [-0.25, -0.2) is 13.1 Å². The van der Waals surface area contributed by atoms with Crippen LogP contribution < -0.4 is 15.2 Å². The zero-order valence-corrected chi connectivity index (χ0v) is 24.7. The summed E-state index contributed by atoms with van der Waals surface area (Å²) in [6, 6.07) is 21.0. The summed E-state index contributed by atoms with van der Waals surface area (Å²) in [5.74, 6) is 0.492. The number of nitrogens with two attached hydrogens (primary N) is 1. The molecule has 0 heterocycles. The van der Waals surface area contributed by atoms with E-state index in [-0.39, 0.29) is 23.9 Å². The molecule has 0 bridgehead atoms. The minimum atomic E-state index is -3.63. The van der Waals surface area contributed by atoms with Crippen LogP contribution in [0.3, 0.4) is 0 Å². The van der Waals surface area contributed by atoms with E-state index in [1.165, 1.54) is 0 Å². The van der Waals surface area contributed by atoms with Crippen molar-refractivity contribution in [3.63, 3.8) is 0 Å². The van der Waals surface area contributed by atoms with Gasteiger partial charge in [-0.2, -0.15) is 0 Å². The van der Waals surface area contributed by atoms with E-state index in [0.29, 0.717) is 36.8 Å². The number of hydrogen-bond donors (Lipinski definition) is 2. The van der Waals surface area contributed by atoms with Crippen LogP contribution in [0.5, 0.6) is 5.75 Å². The van der Waals surface area contributed by atoms with Gasteiger partial charge in [-0.1, -0.05) is 73.1 Å². The summed E-state index contributed by atoms with van der Waals surface area (Å²) in [6.07, 6.45) is 1.77. The number of hydrogen-bond acceptors (Lipinski definition) is 5. The van der Waals surface area contributed by atoms with Gasteiger partial charge in [0.15, 0.2) is 0 Å². The molecule has 214 valence electrons. The summed E-state index contributed by atoms with van der Waals surface area (Å²) < 4.78 is 33.5. The Kier molecular flexibility index (Phi) is 11.8. The van der Waals surface area contributed by atoms with Crippen LogP contribution in [0.1, 0.15) is 37.0 Å². The lowest BCUT2D eigenvalue weighted by Crippen LogP contribution is -2.45. The number of nitrogens with zero attached hydrogens (tertiary/aromatic N) is 1. The fourth-order valence-corrected chi connectivity index (χ4v) is 5.38. The molecule has 9 heteroatoms. The number of amides is 1. The molecule has 7 nitrogen and oxygen atoms in total. The van der Waals surface area contributed by atoms with E-state index in [4.69, 9.17) is 22.1 Å². The first-order valence-corrected chi connectivity index (χ1v) is 15.2. The van der Waals surface area contributed by atoms with Crippen LogP contribution in [-0.2, 0) is 34.2 Å². The molecule has 40 heavy (non-hydrogen) atoms. The van der Waals surface area contributed by atoms with Crippen molar-refractivity contribution in [3.8, 4) is 5.75 Å². The molecule has 3 aromatic carbocycles. The summed E-state index contributed by atoms with van der Waals surface area (Å²) in [5.41, 5.74) is 9.80. The van der Waals surface area contributed by atoms with Gasteiger partial charge in [0.05, 0.1) is 17.5 Å². The van der Waals surface area contributed by atoms with Gasteiger partial charge in [-0.15, -0.1) is 0 Å². The van der Waals surface area contributed by atoms with E-state index in [9.17, 15) is 13.2 Å². The lowest BCUT2D eigenvalue weighted by atomic mass is 10.0. The van der Waals surface area contributed by atoms with Crippen molar-refractivity contribution in [2.24, 2.45) is 5.73 Å². The molecule has 0 saturated carbocycles. The fourth-order valence-electron chi connectivity index (χ4n) is 4.09. The van der Waals surface area contributed by atoms with Gasteiger partial charge in [-0.3, -0.25) is 4.79 Å². The Morgan fingerprint density at radius 1 is 1.07 bits per heavy atom. The molecule has 3 aromatic rings. The van der Waals surface area contributed by atoms with Crippen molar-refractivity contribution in [2.45, 2.75) is 50.6 Å². The highest BCUT2D eigenvalue weighted by molar-refractivity contribution is 7.89. The third-order valence-electron chi connectivity index (χ3n) is 6.24. The van der Waals surface area contributed by atoms with Gasteiger partial charge >= 0.3 is 0 Å². The molecule has 0 saturated heterocycles. The molecule has 0 unspecified atom stereocenters. The van der Waals surface area contributed by atoms with Crippen LogP contribution in [0.15, 0.2) is 89.8 Å². The fraction of sp³-hybridized carbons (Fsp3) is 0.323. The number of halogens is 1. The highest BCUT2D eigenvalue weighted by Gasteiger charge is 2.23. The van der Waals surface area contributed by atoms with E-state index in [2.05, 4.69) is 11.3 Å². The molecule has 0 aromatic heterocycles. The van der Waals surface area contributed by atoms with Crippen LogP contribution in [0.2, 0.25) is 5.02 Å². The minimum absolute atomic E-state index is 0.173. The molecule has 0 aliphatic carbocycles. The molecule has 0 aliphatic rings. The normalized spacial score (nSPS) is 12.1. The molecular formula is C31H38ClN3O4S. The second kappa shape index (κ2) is 15.0. The van der Waals surface area contributed by atoms with Crippen molar-refractivity contribution in [2.75, 3.05) is 19.7 Å². The van der Waals surface area contributed by atoms with Gasteiger partial charge in [0.1, 0.15) is 5.75 Å². The van der Waals surface area contributed by atoms with Crippen LogP contribution >= 0.6 is 11.6 Å². The first-order chi connectivity index (χ1) is 19.1. The number of nitrogens with one attached hydrogen (secondary N) is 1. The summed E-state index contributed by atoms with van der Waals surface area (Å²) >= 11 is 6.31. The van der Waals surface area contributed by atoms with Gasteiger partial charge < -0.3 is 15.4 Å². The molecule has 0 fully saturated rings. The Labute approximate surface area is 243 Å². The van der Waals surface area contributed by atoms with Gasteiger partial charge in [-0.05, 0) is 67.6 Å². The summed E-state index contributed by atoms with van der Waals surface area (Å²) in [4.78, 5) is 15.5. The largest absolute Gasteiger partial charge is 0.493 e. The van der Waals surface area contributed by atoms with Gasteiger partial charge in [0.25, 0.3) is 0 Å². The molecule has 3 rings (SSSR count). The zero-order valence-electron chi connectivity index (χ0n) is 23.1. The Morgan fingerprint density at radius 3 is 2.42 bits per heavy atom. The monoisotopic (exact) mass is 583 g/mol. The predicted molar refractivity (Wildman–Crippen MR) is 161 cm³/mol. The predicted octanol–water partition coefficient (Wildman–Crippen LogP) is 5.12. The maximum absolute atomic E-state index is 13.6. The number of ether oxygens (including phenoxy) is 1. The minimum Gasteiger partial charge on any atom is -0.493 e. The number of benzene rings is 3. The van der Waals surface area contributed by atoms with E-state index < -0.39 is 16.1 Å². The molecular weight excluding hydrogens is 546 g/mol. The van der Waals surface area contributed by atoms with E-state index in [1.807, 2.05) is 49.4 Å². The van der Waals surface area contributed by atoms with Crippen LogP contribution in [0.25, 0.3) is 0 Å². The zero-order chi connectivity index (χ0) is 29.1. The second-order valence-electron chi connectivity index (χ2n) is 9.83.